The Kier molecular flexibility index (Phi) is 4.72. The third kappa shape index (κ3) is 3.46. The first-order valence-corrected chi connectivity index (χ1v) is 8.35. The summed E-state index contributed by atoms with van der Waals surface area (Å²) in [6.07, 6.45) is -1.07. The molecule has 2 N–H and O–H groups in total. The van der Waals surface area contributed by atoms with E-state index in [1.807, 2.05) is 4.72 Å². The Morgan fingerprint density at radius 2 is 1.90 bits per heavy atom. The van der Waals surface area contributed by atoms with E-state index < -0.39 is 32.7 Å². The molecule has 8 heteroatoms. The van der Waals surface area contributed by atoms with Gasteiger partial charge in [-0.05, 0) is 36.1 Å². The van der Waals surface area contributed by atoms with Crippen LogP contribution >= 0.6 is 11.3 Å². The third-order valence-electron chi connectivity index (χ3n) is 2.86. The van der Waals surface area contributed by atoms with Crippen molar-refractivity contribution < 1.29 is 22.3 Å². The summed E-state index contributed by atoms with van der Waals surface area (Å²) in [4.78, 5) is -0.438. The predicted molar refractivity (Wildman–Crippen MR) is 75.6 cm³/mol. The topological polar surface area (TPSA) is 66.4 Å². The minimum atomic E-state index is -4.38. The molecule has 114 valence electrons. The fraction of sp³-hybridized carbons (Fsp3) is 0.231. The molecule has 2 aromatic rings. The van der Waals surface area contributed by atoms with Crippen LogP contribution in [0.5, 0.6) is 0 Å². The molecule has 0 saturated carbocycles. The van der Waals surface area contributed by atoms with Gasteiger partial charge in [0.15, 0.2) is 4.90 Å². The van der Waals surface area contributed by atoms with E-state index in [0.29, 0.717) is 4.88 Å². The van der Waals surface area contributed by atoms with Crippen molar-refractivity contribution in [3.05, 3.63) is 51.7 Å². The normalized spacial score (nSPS) is 13.3. The number of rotatable bonds is 5. The summed E-state index contributed by atoms with van der Waals surface area (Å²) in [5.74, 6) is -2.35. The van der Waals surface area contributed by atoms with E-state index in [4.69, 9.17) is 0 Å². The zero-order chi connectivity index (χ0) is 15.6. The molecule has 4 nitrogen and oxygen atoms in total. The minimum Gasteiger partial charge on any atom is -0.386 e. The molecule has 0 fully saturated rings. The molecule has 1 aromatic heterocycles. The van der Waals surface area contributed by atoms with E-state index in [1.54, 1.807) is 18.4 Å². The van der Waals surface area contributed by atoms with Gasteiger partial charge in [-0.1, -0.05) is 6.07 Å². The standard InChI is InChI=1S/C13H13F2NO3S2/c1-8-5-6-20-12(8)11(17)7-16-21(18,19)13-9(14)3-2-4-10(13)15/h2-6,11,16-17H,7H2,1H3/t11-/m1/s1. The van der Waals surface area contributed by atoms with Crippen molar-refractivity contribution in [2.45, 2.75) is 17.9 Å². The third-order valence-corrected chi connectivity index (χ3v) is 5.45. The largest absolute Gasteiger partial charge is 0.386 e. The van der Waals surface area contributed by atoms with E-state index in [9.17, 15) is 22.3 Å². The molecule has 21 heavy (non-hydrogen) atoms. The molecule has 1 atom stereocenters. The lowest BCUT2D eigenvalue weighted by atomic mass is 10.2. The summed E-state index contributed by atoms with van der Waals surface area (Å²) in [5.41, 5.74) is 0.823. The average molecular weight is 333 g/mol. The van der Waals surface area contributed by atoms with Gasteiger partial charge in [-0.25, -0.2) is 21.9 Å². The van der Waals surface area contributed by atoms with Crippen molar-refractivity contribution in [2.75, 3.05) is 6.54 Å². The second kappa shape index (κ2) is 6.18. The Bertz CT molecular complexity index is 723. The van der Waals surface area contributed by atoms with Crippen molar-refractivity contribution in [2.24, 2.45) is 0 Å². The monoisotopic (exact) mass is 333 g/mol. The highest BCUT2D eigenvalue weighted by Crippen LogP contribution is 2.24. The molecule has 0 amide bonds. The van der Waals surface area contributed by atoms with Gasteiger partial charge in [0.05, 0.1) is 0 Å². The van der Waals surface area contributed by atoms with Crippen LogP contribution in [0.3, 0.4) is 0 Å². The van der Waals surface area contributed by atoms with Gasteiger partial charge in [-0.2, -0.15) is 0 Å². The first-order chi connectivity index (χ1) is 9.83. The van der Waals surface area contributed by atoms with Crippen molar-refractivity contribution in [3.8, 4) is 0 Å². The molecular weight excluding hydrogens is 320 g/mol. The molecule has 1 heterocycles. The molecule has 0 saturated heterocycles. The molecule has 0 unspecified atom stereocenters. The van der Waals surface area contributed by atoms with Crippen LogP contribution in [-0.2, 0) is 10.0 Å². The first-order valence-electron chi connectivity index (χ1n) is 5.98. The van der Waals surface area contributed by atoms with Crippen LogP contribution in [0.1, 0.15) is 16.5 Å². The van der Waals surface area contributed by atoms with Crippen molar-refractivity contribution >= 4 is 21.4 Å². The number of hydrogen-bond acceptors (Lipinski definition) is 4. The number of thiophene rings is 1. The molecule has 1 aromatic carbocycles. The van der Waals surface area contributed by atoms with Crippen LogP contribution in [0.15, 0.2) is 34.5 Å². The number of nitrogens with one attached hydrogen (secondary N) is 1. The Hall–Kier alpha value is -1.35. The van der Waals surface area contributed by atoms with Gasteiger partial charge >= 0.3 is 0 Å². The quantitative estimate of drug-likeness (QED) is 0.883. The maximum Gasteiger partial charge on any atom is 0.246 e. The summed E-state index contributed by atoms with van der Waals surface area (Å²) in [6.45, 7) is 1.41. The maximum atomic E-state index is 13.5. The Labute approximate surface area is 125 Å². The van der Waals surface area contributed by atoms with Crippen LogP contribution in [0.4, 0.5) is 8.78 Å². The fourth-order valence-electron chi connectivity index (χ4n) is 1.82. The van der Waals surface area contributed by atoms with Crippen molar-refractivity contribution in [1.82, 2.24) is 4.72 Å². The van der Waals surface area contributed by atoms with Crippen molar-refractivity contribution in [3.63, 3.8) is 0 Å². The highest BCUT2D eigenvalue weighted by Gasteiger charge is 2.25. The highest BCUT2D eigenvalue weighted by molar-refractivity contribution is 7.89. The Balaban J connectivity index is 2.17. The molecule has 0 aliphatic carbocycles. The van der Waals surface area contributed by atoms with E-state index >= 15 is 0 Å². The van der Waals surface area contributed by atoms with Crippen LogP contribution in [-0.4, -0.2) is 20.1 Å². The van der Waals surface area contributed by atoms with E-state index in [0.717, 1.165) is 23.8 Å². The van der Waals surface area contributed by atoms with Gasteiger partial charge in [0.2, 0.25) is 10.0 Å². The molecule has 0 spiro atoms. The van der Waals surface area contributed by atoms with E-state index in [1.165, 1.54) is 11.3 Å². The first kappa shape index (κ1) is 16.0. The predicted octanol–water partition coefficient (Wildman–Crippen LogP) is 2.35. The zero-order valence-corrected chi connectivity index (χ0v) is 12.6. The van der Waals surface area contributed by atoms with E-state index in [2.05, 4.69) is 0 Å². The molecule has 2 rings (SSSR count). The summed E-state index contributed by atoms with van der Waals surface area (Å²) in [5, 5.41) is 11.7. The summed E-state index contributed by atoms with van der Waals surface area (Å²) >= 11 is 1.28. The summed E-state index contributed by atoms with van der Waals surface area (Å²) in [6, 6.07) is 4.58. The maximum absolute atomic E-state index is 13.5. The van der Waals surface area contributed by atoms with Gasteiger partial charge in [0.25, 0.3) is 0 Å². The van der Waals surface area contributed by atoms with E-state index in [-0.39, 0.29) is 6.54 Å². The lowest BCUT2D eigenvalue weighted by molar-refractivity contribution is 0.185. The lowest BCUT2D eigenvalue weighted by Crippen LogP contribution is -2.29. The van der Waals surface area contributed by atoms with Crippen molar-refractivity contribution in [1.29, 1.82) is 0 Å². The lowest BCUT2D eigenvalue weighted by Gasteiger charge is -2.12. The number of halogens is 2. The molecular formula is C13H13F2NO3S2. The van der Waals surface area contributed by atoms with Gasteiger partial charge in [-0.3, -0.25) is 0 Å². The second-order valence-corrected chi connectivity index (χ2v) is 7.04. The number of hydrogen-bond donors (Lipinski definition) is 2. The number of benzene rings is 1. The Morgan fingerprint density at radius 3 is 2.43 bits per heavy atom. The van der Waals surface area contributed by atoms with Gasteiger partial charge in [-0.15, -0.1) is 11.3 Å². The zero-order valence-electron chi connectivity index (χ0n) is 11.0. The highest BCUT2D eigenvalue weighted by atomic mass is 32.2. The Morgan fingerprint density at radius 1 is 1.29 bits per heavy atom. The van der Waals surface area contributed by atoms with Gasteiger partial charge < -0.3 is 5.11 Å². The van der Waals surface area contributed by atoms with Crippen LogP contribution < -0.4 is 4.72 Å². The minimum absolute atomic E-state index is 0.364. The number of aliphatic hydroxyl groups is 1. The smallest absolute Gasteiger partial charge is 0.246 e. The molecule has 0 aliphatic heterocycles. The number of sulfonamides is 1. The summed E-state index contributed by atoms with van der Waals surface area (Å²) in [7, 11) is -4.38. The molecule has 0 radical (unpaired) electrons. The van der Waals surface area contributed by atoms with Crippen LogP contribution in [0.2, 0.25) is 0 Å². The van der Waals surface area contributed by atoms with Crippen LogP contribution in [0, 0.1) is 18.6 Å². The fourth-order valence-corrected chi connectivity index (χ4v) is 3.90. The summed E-state index contributed by atoms with van der Waals surface area (Å²) < 4.78 is 52.9. The average Bonchev–Trinajstić information content (AvgIpc) is 2.82. The number of aryl methyl sites for hydroxylation is 1. The van der Waals surface area contributed by atoms with Crippen LogP contribution in [0.25, 0.3) is 0 Å². The van der Waals surface area contributed by atoms with Gasteiger partial charge in [0, 0.05) is 11.4 Å². The second-order valence-electron chi connectivity index (χ2n) is 4.39. The molecule has 0 bridgehead atoms. The van der Waals surface area contributed by atoms with Gasteiger partial charge in [0.1, 0.15) is 17.7 Å². The SMILES string of the molecule is Cc1ccsc1[C@H](O)CNS(=O)(=O)c1c(F)cccc1F. The number of aliphatic hydroxyl groups excluding tert-OH is 1. The molecule has 0 aliphatic rings.